The standard InChI is InChI=1S/C31H35N5O.ClH/c1-22-23(2)36(20-24-9-5-4-6-10-24)29-27(22)19-28(31(37)34-17-15-33(3)16-18-34)32-30(29)35-14-13-25-11-7-8-12-26(25)21-35;/h4-12,19H,13-18,20-21H2,1-3H3;1H. The number of carbonyl (C=O) groups excluding carboxylic acids is 1. The van der Waals surface area contributed by atoms with Crippen molar-refractivity contribution < 1.29 is 4.79 Å². The van der Waals surface area contributed by atoms with Gasteiger partial charge >= 0.3 is 0 Å². The van der Waals surface area contributed by atoms with Gasteiger partial charge in [0, 0.05) is 56.9 Å². The second kappa shape index (κ2) is 10.8. The van der Waals surface area contributed by atoms with Gasteiger partial charge in [0.15, 0.2) is 5.82 Å². The van der Waals surface area contributed by atoms with Crippen LogP contribution in [0, 0.1) is 13.8 Å². The Morgan fingerprint density at radius 1 is 0.895 bits per heavy atom. The van der Waals surface area contributed by atoms with Crippen LogP contribution in [0.1, 0.15) is 38.4 Å². The van der Waals surface area contributed by atoms with Crippen molar-refractivity contribution in [1.29, 1.82) is 0 Å². The fourth-order valence-corrected chi connectivity index (χ4v) is 5.78. The van der Waals surface area contributed by atoms with E-state index in [1.54, 1.807) is 0 Å². The zero-order valence-corrected chi connectivity index (χ0v) is 23.3. The van der Waals surface area contributed by atoms with Crippen LogP contribution in [0.3, 0.4) is 0 Å². The molecule has 1 saturated heterocycles. The molecule has 0 bridgehead atoms. The molecule has 0 atom stereocenters. The lowest BCUT2D eigenvalue weighted by Gasteiger charge is -2.33. The van der Waals surface area contributed by atoms with Crippen LogP contribution < -0.4 is 4.90 Å². The van der Waals surface area contributed by atoms with Gasteiger partial charge in [0.2, 0.25) is 0 Å². The smallest absolute Gasteiger partial charge is 0.272 e. The monoisotopic (exact) mass is 529 g/mol. The topological polar surface area (TPSA) is 44.6 Å². The van der Waals surface area contributed by atoms with Crippen molar-refractivity contribution >= 4 is 35.0 Å². The van der Waals surface area contributed by atoms with E-state index in [-0.39, 0.29) is 18.3 Å². The maximum absolute atomic E-state index is 13.7. The molecule has 2 aliphatic rings. The first kappa shape index (κ1) is 26.3. The maximum atomic E-state index is 13.7. The highest BCUT2D eigenvalue weighted by Gasteiger charge is 2.28. The lowest BCUT2D eigenvalue weighted by Crippen LogP contribution is -2.47. The number of rotatable bonds is 4. The SMILES string of the molecule is Cc1c(C)n(Cc2ccccc2)c2c(N3CCc4ccccc4C3)nc(C(=O)N3CCN(C)CC3)cc12.Cl. The molecule has 4 aromatic rings. The van der Waals surface area contributed by atoms with Crippen molar-refractivity contribution in [3.8, 4) is 0 Å². The number of anilines is 1. The van der Waals surface area contributed by atoms with Crippen molar-refractivity contribution in [1.82, 2.24) is 19.4 Å². The number of carbonyl (C=O) groups is 1. The van der Waals surface area contributed by atoms with E-state index in [9.17, 15) is 4.79 Å². The summed E-state index contributed by atoms with van der Waals surface area (Å²) in [5.74, 6) is 0.970. The van der Waals surface area contributed by atoms with Gasteiger partial charge in [0.05, 0.1) is 5.52 Å². The first-order valence-corrected chi connectivity index (χ1v) is 13.3. The Hall–Kier alpha value is -3.35. The molecule has 2 aromatic heterocycles. The Balaban J connectivity index is 0.00000294. The molecule has 0 unspecified atom stereocenters. The lowest BCUT2D eigenvalue weighted by atomic mass is 10.00. The number of hydrogen-bond donors (Lipinski definition) is 0. The van der Waals surface area contributed by atoms with Crippen LogP contribution >= 0.6 is 12.4 Å². The van der Waals surface area contributed by atoms with Crippen LogP contribution in [0.15, 0.2) is 60.7 Å². The fraction of sp³-hybridized carbons (Fsp3) is 0.355. The molecule has 0 spiro atoms. The maximum Gasteiger partial charge on any atom is 0.272 e. The molecule has 7 heteroatoms. The quantitative estimate of drug-likeness (QED) is 0.370. The summed E-state index contributed by atoms with van der Waals surface area (Å²) in [5.41, 5.74) is 8.15. The zero-order chi connectivity index (χ0) is 25.5. The molecule has 1 amide bonds. The van der Waals surface area contributed by atoms with Gasteiger partial charge in [-0.15, -0.1) is 12.4 Å². The Kier molecular flexibility index (Phi) is 7.46. The third kappa shape index (κ3) is 4.79. The van der Waals surface area contributed by atoms with E-state index < -0.39 is 0 Å². The van der Waals surface area contributed by atoms with E-state index in [0.717, 1.165) is 69.0 Å². The number of benzene rings is 2. The number of nitrogens with zero attached hydrogens (tertiary/aromatic N) is 5. The minimum absolute atomic E-state index is 0. The first-order valence-electron chi connectivity index (χ1n) is 13.3. The fourth-order valence-electron chi connectivity index (χ4n) is 5.78. The van der Waals surface area contributed by atoms with Gasteiger partial charge in [-0.05, 0) is 55.6 Å². The van der Waals surface area contributed by atoms with E-state index in [2.05, 4.69) is 89.9 Å². The molecule has 1 fully saturated rings. The minimum atomic E-state index is 0. The lowest BCUT2D eigenvalue weighted by molar-refractivity contribution is 0.0658. The highest BCUT2D eigenvalue weighted by atomic mass is 35.5. The molecule has 2 aromatic carbocycles. The number of hydrogen-bond acceptors (Lipinski definition) is 4. The van der Waals surface area contributed by atoms with Gasteiger partial charge in [-0.25, -0.2) is 4.98 Å². The summed E-state index contributed by atoms with van der Waals surface area (Å²) in [6.07, 6.45) is 0.980. The number of aryl methyl sites for hydroxylation is 1. The molecule has 0 saturated carbocycles. The number of aromatic nitrogens is 2. The Bertz CT molecular complexity index is 1460. The average Bonchev–Trinajstić information content (AvgIpc) is 3.17. The highest BCUT2D eigenvalue weighted by Crippen LogP contribution is 2.35. The van der Waals surface area contributed by atoms with E-state index in [1.165, 1.54) is 27.9 Å². The molecule has 6 nitrogen and oxygen atoms in total. The molecular formula is C31H36ClN5O. The molecule has 6 rings (SSSR count). The summed E-state index contributed by atoms with van der Waals surface area (Å²) in [4.78, 5) is 25.5. The molecule has 198 valence electrons. The molecule has 0 aliphatic carbocycles. The van der Waals surface area contributed by atoms with Crippen molar-refractivity contribution in [3.05, 3.63) is 94.3 Å². The normalized spacial score (nSPS) is 15.9. The van der Waals surface area contributed by atoms with Gasteiger partial charge in [-0.3, -0.25) is 4.79 Å². The van der Waals surface area contributed by atoms with Gasteiger partial charge in [0.1, 0.15) is 5.69 Å². The second-order valence-corrected chi connectivity index (χ2v) is 10.5. The second-order valence-electron chi connectivity index (χ2n) is 10.5. The van der Waals surface area contributed by atoms with Gasteiger partial charge in [-0.2, -0.15) is 0 Å². The Morgan fingerprint density at radius 2 is 1.58 bits per heavy atom. The summed E-state index contributed by atoms with van der Waals surface area (Å²) >= 11 is 0. The third-order valence-corrected chi connectivity index (χ3v) is 8.22. The molecule has 2 aliphatic heterocycles. The van der Waals surface area contributed by atoms with Crippen LogP contribution in [0.5, 0.6) is 0 Å². The van der Waals surface area contributed by atoms with Crippen molar-refractivity contribution in [2.75, 3.05) is 44.7 Å². The van der Waals surface area contributed by atoms with E-state index in [4.69, 9.17) is 4.98 Å². The summed E-state index contributed by atoms with van der Waals surface area (Å²) in [6, 6.07) is 21.3. The minimum Gasteiger partial charge on any atom is -0.350 e. The summed E-state index contributed by atoms with van der Waals surface area (Å²) in [5, 5.41) is 1.13. The number of fused-ring (bicyclic) bond motifs is 2. The van der Waals surface area contributed by atoms with Crippen LogP contribution in [0.2, 0.25) is 0 Å². The van der Waals surface area contributed by atoms with E-state index >= 15 is 0 Å². The number of pyridine rings is 1. The van der Waals surface area contributed by atoms with Crippen LogP contribution in [-0.4, -0.2) is 65.0 Å². The number of halogens is 1. The highest BCUT2D eigenvalue weighted by molar-refractivity contribution is 6.01. The molecular weight excluding hydrogens is 494 g/mol. The predicted octanol–water partition coefficient (Wildman–Crippen LogP) is 5.07. The molecule has 0 radical (unpaired) electrons. The Labute approximate surface area is 231 Å². The molecule has 4 heterocycles. The van der Waals surface area contributed by atoms with Crippen LogP contribution in [0.4, 0.5) is 5.82 Å². The largest absolute Gasteiger partial charge is 0.350 e. The van der Waals surface area contributed by atoms with Crippen molar-refractivity contribution in [2.45, 2.75) is 33.4 Å². The molecule has 38 heavy (non-hydrogen) atoms. The van der Waals surface area contributed by atoms with E-state index in [1.807, 2.05) is 11.0 Å². The Morgan fingerprint density at radius 3 is 2.32 bits per heavy atom. The van der Waals surface area contributed by atoms with Crippen molar-refractivity contribution in [3.63, 3.8) is 0 Å². The third-order valence-electron chi connectivity index (χ3n) is 8.22. The summed E-state index contributed by atoms with van der Waals surface area (Å²) < 4.78 is 2.40. The average molecular weight is 530 g/mol. The van der Waals surface area contributed by atoms with Crippen molar-refractivity contribution in [2.24, 2.45) is 0 Å². The predicted molar refractivity (Wildman–Crippen MR) is 157 cm³/mol. The summed E-state index contributed by atoms with van der Waals surface area (Å²) in [7, 11) is 2.11. The molecule has 0 N–H and O–H groups in total. The van der Waals surface area contributed by atoms with Crippen LogP contribution in [0.25, 0.3) is 10.9 Å². The first-order chi connectivity index (χ1) is 18.0. The zero-order valence-electron chi connectivity index (χ0n) is 22.5. The summed E-state index contributed by atoms with van der Waals surface area (Å²) in [6.45, 7) is 10.1. The van der Waals surface area contributed by atoms with Crippen LogP contribution in [-0.2, 0) is 19.5 Å². The van der Waals surface area contributed by atoms with Gasteiger partial charge in [-0.1, -0.05) is 54.6 Å². The van der Waals surface area contributed by atoms with Gasteiger partial charge < -0.3 is 19.3 Å². The number of amides is 1. The number of likely N-dealkylation sites (N-methyl/N-ethyl adjacent to an activating group) is 1. The number of piperazine rings is 1. The van der Waals surface area contributed by atoms with E-state index in [0.29, 0.717) is 5.69 Å². The van der Waals surface area contributed by atoms with Gasteiger partial charge in [0.25, 0.3) is 5.91 Å².